The lowest BCUT2D eigenvalue weighted by molar-refractivity contribution is -0.150. The molecule has 2 aromatic carbocycles. The van der Waals surface area contributed by atoms with Crippen molar-refractivity contribution in [1.82, 2.24) is 10.2 Å². The molecule has 4 rings (SSSR count). The van der Waals surface area contributed by atoms with Crippen LogP contribution in [0.1, 0.15) is 51.3 Å². The summed E-state index contributed by atoms with van der Waals surface area (Å²) in [5.41, 5.74) is 2.63. The highest BCUT2D eigenvalue weighted by Gasteiger charge is 2.41. The number of aliphatic imine (C=N–C) groups is 1. The molecule has 2 aliphatic rings. The number of allylic oxidation sites excluding steroid dienone is 1. The van der Waals surface area contributed by atoms with E-state index in [1.54, 1.807) is 31.2 Å². The molecule has 0 saturated heterocycles. The second-order valence-corrected chi connectivity index (χ2v) is 10.8. The fourth-order valence-corrected chi connectivity index (χ4v) is 5.04. The first-order valence-electron chi connectivity index (χ1n) is 11.5. The Labute approximate surface area is 219 Å². The van der Waals surface area contributed by atoms with Gasteiger partial charge in [-0.25, -0.2) is 14.2 Å². The van der Waals surface area contributed by atoms with Crippen molar-refractivity contribution in [3.8, 4) is 0 Å². The number of benzene rings is 2. The Bertz CT molecular complexity index is 1260. The van der Waals surface area contributed by atoms with E-state index in [0.29, 0.717) is 27.2 Å². The van der Waals surface area contributed by atoms with Crippen LogP contribution in [0.25, 0.3) is 0 Å². The van der Waals surface area contributed by atoms with Gasteiger partial charge >= 0.3 is 5.97 Å². The van der Waals surface area contributed by atoms with Gasteiger partial charge < -0.3 is 15.0 Å². The fraction of sp³-hybridized carbons (Fsp3) is 0.296. The van der Waals surface area contributed by atoms with Crippen LogP contribution < -0.4 is 5.32 Å². The Morgan fingerprint density at radius 1 is 1.14 bits per heavy atom. The number of hydrogen-bond acceptors (Lipinski definition) is 6. The smallest absolute Gasteiger partial charge is 0.338 e. The summed E-state index contributed by atoms with van der Waals surface area (Å²) in [4.78, 5) is 32.8. The van der Waals surface area contributed by atoms with Gasteiger partial charge in [-0.1, -0.05) is 47.6 Å². The van der Waals surface area contributed by atoms with Crippen LogP contribution in [0.15, 0.2) is 75.9 Å². The number of halogens is 2. The second-order valence-electron chi connectivity index (χ2n) is 9.53. The maximum Gasteiger partial charge on any atom is 0.338 e. The number of carbonyl (C=O) groups excluding carboxylic acids is 2. The molecular weight excluding hydrogens is 501 g/mol. The SMILES string of the molecule is CC1=C(C(=O)OC(C)(C)C)[C@@H](c2ccc(Cl)cc2)N2C(CC(=O)NCc3ccc(F)cc3)=CSC2=N1. The zero-order chi connectivity index (χ0) is 26.0. The first-order chi connectivity index (χ1) is 17.0. The van der Waals surface area contributed by atoms with E-state index in [0.717, 1.165) is 11.1 Å². The van der Waals surface area contributed by atoms with Crippen molar-refractivity contribution in [1.29, 1.82) is 0 Å². The summed E-state index contributed by atoms with van der Waals surface area (Å²) < 4.78 is 18.9. The van der Waals surface area contributed by atoms with Gasteiger partial charge in [0.25, 0.3) is 0 Å². The number of carbonyl (C=O) groups is 2. The predicted octanol–water partition coefficient (Wildman–Crippen LogP) is 6.10. The van der Waals surface area contributed by atoms with E-state index < -0.39 is 17.6 Å². The summed E-state index contributed by atoms with van der Waals surface area (Å²) in [6.07, 6.45) is 0.0813. The fourth-order valence-electron chi connectivity index (χ4n) is 3.95. The number of thioether (sulfide) groups is 1. The van der Waals surface area contributed by atoms with Gasteiger partial charge in [0.05, 0.1) is 23.7 Å². The summed E-state index contributed by atoms with van der Waals surface area (Å²) in [5, 5.41) is 6.02. The first kappa shape index (κ1) is 26.0. The van der Waals surface area contributed by atoms with E-state index in [9.17, 15) is 14.0 Å². The molecule has 0 spiro atoms. The van der Waals surface area contributed by atoms with E-state index in [1.807, 2.05) is 43.2 Å². The highest BCUT2D eigenvalue weighted by Crippen LogP contribution is 2.45. The van der Waals surface area contributed by atoms with Crippen LogP contribution in [0.2, 0.25) is 5.02 Å². The molecule has 1 N–H and O–H groups in total. The Morgan fingerprint density at radius 3 is 2.44 bits per heavy atom. The number of esters is 1. The molecule has 0 fully saturated rings. The van der Waals surface area contributed by atoms with E-state index in [-0.39, 0.29) is 24.7 Å². The van der Waals surface area contributed by atoms with Gasteiger partial charge in [0.2, 0.25) is 5.91 Å². The average molecular weight is 528 g/mol. The molecule has 188 valence electrons. The molecule has 9 heteroatoms. The normalized spacial score (nSPS) is 17.4. The third kappa shape index (κ3) is 5.99. The number of amides is 1. The predicted molar refractivity (Wildman–Crippen MR) is 141 cm³/mol. The molecule has 0 unspecified atom stereocenters. The van der Waals surface area contributed by atoms with Crippen LogP contribution >= 0.6 is 23.4 Å². The maximum absolute atomic E-state index is 13.3. The van der Waals surface area contributed by atoms with E-state index in [2.05, 4.69) is 10.3 Å². The number of ether oxygens (including phenoxy) is 1. The van der Waals surface area contributed by atoms with Crippen molar-refractivity contribution in [2.75, 3.05) is 0 Å². The van der Waals surface area contributed by atoms with Gasteiger partial charge in [-0.2, -0.15) is 0 Å². The molecule has 0 aromatic heterocycles. The number of nitrogens with one attached hydrogen (secondary N) is 1. The van der Waals surface area contributed by atoms with Crippen LogP contribution in [-0.4, -0.2) is 27.5 Å². The molecular formula is C27H27ClFN3O3S. The van der Waals surface area contributed by atoms with E-state index >= 15 is 0 Å². The quantitative estimate of drug-likeness (QED) is 0.459. The molecule has 6 nitrogen and oxygen atoms in total. The number of rotatable bonds is 6. The topological polar surface area (TPSA) is 71.0 Å². The molecule has 36 heavy (non-hydrogen) atoms. The summed E-state index contributed by atoms with van der Waals surface area (Å²) >= 11 is 7.54. The molecule has 0 saturated carbocycles. The molecule has 0 radical (unpaired) electrons. The Balaban J connectivity index is 1.60. The van der Waals surface area contributed by atoms with Crippen LogP contribution in [0.4, 0.5) is 4.39 Å². The molecule has 1 amide bonds. The average Bonchev–Trinajstić information content (AvgIpc) is 3.19. The van der Waals surface area contributed by atoms with Crippen molar-refractivity contribution >= 4 is 40.4 Å². The lowest BCUT2D eigenvalue weighted by atomic mass is 9.93. The number of fused-ring (bicyclic) bond motifs is 1. The summed E-state index contributed by atoms with van der Waals surface area (Å²) in [5.74, 6) is -0.986. The molecule has 2 heterocycles. The second kappa shape index (κ2) is 10.5. The number of amidine groups is 1. The minimum Gasteiger partial charge on any atom is -0.456 e. The van der Waals surface area contributed by atoms with E-state index in [4.69, 9.17) is 16.3 Å². The highest BCUT2D eigenvalue weighted by molar-refractivity contribution is 8.16. The van der Waals surface area contributed by atoms with Gasteiger partial charge in [-0.3, -0.25) is 4.79 Å². The summed E-state index contributed by atoms with van der Waals surface area (Å²) in [7, 11) is 0. The van der Waals surface area contributed by atoms with Crippen molar-refractivity contribution < 1.29 is 18.7 Å². The van der Waals surface area contributed by atoms with Gasteiger partial charge in [0, 0.05) is 17.3 Å². The van der Waals surface area contributed by atoms with Gasteiger partial charge in [0.1, 0.15) is 11.4 Å². The number of nitrogens with zero attached hydrogens (tertiary/aromatic N) is 2. The van der Waals surface area contributed by atoms with Crippen molar-refractivity contribution in [3.63, 3.8) is 0 Å². The maximum atomic E-state index is 13.3. The Hall–Kier alpha value is -3.10. The monoisotopic (exact) mass is 527 g/mol. The van der Waals surface area contributed by atoms with E-state index in [1.165, 1.54) is 23.9 Å². The van der Waals surface area contributed by atoms with Crippen molar-refractivity contribution in [3.05, 3.63) is 92.9 Å². The minimum atomic E-state index is -0.683. The van der Waals surface area contributed by atoms with Crippen LogP contribution in [0.3, 0.4) is 0 Å². The van der Waals surface area contributed by atoms with Crippen LogP contribution in [0, 0.1) is 5.82 Å². The Morgan fingerprint density at radius 2 is 1.81 bits per heavy atom. The summed E-state index contributed by atoms with van der Waals surface area (Å²) in [6.45, 7) is 7.53. The molecule has 2 aromatic rings. The minimum absolute atomic E-state index is 0.0813. The standard InChI is InChI=1S/C27H27ClFN3O3S/c1-16-23(25(34)35-27(2,3)4)24(18-7-9-19(28)10-8-18)32-21(15-36-26(32)31-16)13-22(33)30-14-17-5-11-20(29)12-6-17/h5-12,15,24H,13-14H2,1-4H3,(H,30,33)/t24-/m1/s1. The number of hydrogen-bond donors (Lipinski definition) is 1. The largest absolute Gasteiger partial charge is 0.456 e. The lowest BCUT2D eigenvalue weighted by Crippen LogP contribution is -2.39. The zero-order valence-electron chi connectivity index (χ0n) is 20.5. The molecule has 0 bridgehead atoms. The molecule has 1 atom stereocenters. The molecule has 0 aliphatic carbocycles. The van der Waals surface area contributed by atoms with Gasteiger partial charge in [0.15, 0.2) is 5.17 Å². The summed E-state index contributed by atoms with van der Waals surface area (Å²) in [6, 6.07) is 12.7. The van der Waals surface area contributed by atoms with Crippen LogP contribution in [-0.2, 0) is 20.9 Å². The van der Waals surface area contributed by atoms with Crippen LogP contribution in [0.5, 0.6) is 0 Å². The van der Waals surface area contributed by atoms with Crippen molar-refractivity contribution in [2.45, 2.75) is 52.3 Å². The highest BCUT2D eigenvalue weighted by atomic mass is 35.5. The van der Waals surface area contributed by atoms with Gasteiger partial charge in [-0.05, 0) is 68.5 Å². The first-order valence-corrected chi connectivity index (χ1v) is 12.7. The third-order valence-corrected chi connectivity index (χ3v) is 6.69. The van der Waals surface area contributed by atoms with Crippen molar-refractivity contribution in [2.24, 2.45) is 4.99 Å². The van der Waals surface area contributed by atoms with Gasteiger partial charge in [-0.15, -0.1) is 0 Å². The lowest BCUT2D eigenvalue weighted by Gasteiger charge is -2.37. The molecule has 2 aliphatic heterocycles. The Kier molecular flexibility index (Phi) is 7.57. The third-order valence-electron chi connectivity index (χ3n) is 5.55. The zero-order valence-corrected chi connectivity index (χ0v) is 22.0.